The number of rotatable bonds is 4. The summed E-state index contributed by atoms with van der Waals surface area (Å²) in [6, 6.07) is 26.6. The number of esters is 1. The molecular formula is C32H22FNO5. The number of benzene rings is 4. The van der Waals surface area contributed by atoms with E-state index < -0.39 is 24.0 Å². The van der Waals surface area contributed by atoms with Gasteiger partial charge in [0, 0.05) is 22.6 Å². The number of hydrogen-bond acceptors (Lipinski definition) is 5. The van der Waals surface area contributed by atoms with Crippen LogP contribution < -0.4 is 4.90 Å². The van der Waals surface area contributed by atoms with Gasteiger partial charge < -0.3 is 13.9 Å². The molecule has 0 aliphatic carbocycles. The summed E-state index contributed by atoms with van der Waals surface area (Å²) in [6.45, 7) is 1.92. The van der Waals surface area contributed by atoms with E-state index >= 15 is 0 Å². The summed E-state index contributed by atoms with van der Waals surface area (Å²) in [4.78, 5) is 28.2. The van der Waals surface area contributed by atoms with E-state index in [1.807, 2.05) is 60.7 Å². The molecule has 3 heterocycles. The van der Waals surface area contributed by atoms with Crippen LogP contribution in [-0.4, -0.2) is 18.7 Å². The second-order valence-corrected chi connectivity index (χ2v) is 9.52. The van der Waals surface area contributed by atoms with E-state index in [0.29, 0.717) is 22.2 Å². The average Bonchev–Trinajstić information content (AvgIpc) is 3.51. The number of halogens is 1. The number of furan rings is 1. The first kappa shape index (κ1) is 23.2. The van der Waals surface area contributed by atoms with Crippen molar-refractivity contribution in [3.05, 3.63) is 114 Å². The Labute approximate surface area is 223 Å². The predicted octanol–water partition coefficient (Wildman–Crippen LogP) is 7.84. The van der Waals surface area contributed by atoms with E-state index in [2.05, 4.69) is 0 Å². The summed E-state index contributed by atoms with van der Waals surface area (Å²) in [5.41, 5.74) is 5.40. The lowest BCUT2D eigenvalue weighted by Gasteiger charge is -2.33. The fourth-order valence-corrected chi connectivity index (χ4v) is 5.68. The minimum Gasteiger partial charge on any atom is -0.462 e. The molecule has 7 rings (SSSR count). The van der Waals surface area contributed by atoms with Crippen molar-refractivity contribution in [3.8, 4) is 22.5 Å². The van der Waals surface area contributed by atoms with E-state index in [1.165, 1.54) is 12.1 Å². The highest BCUT2D eigenvalue weighted by Crippen LogP contribution is 2.55. The first-order valence-corrected chi connectivity index (χ1v) is 12.7. The second-order valence-electron chi connectivity index (χ2n) is 9.52. The van der Waals surface area contributed by atoms with Gasteiger partial charge in [-0.1, -0.05) is 54.6 Å². The lowest BCUT2D eigenvalue weighted by atomic mass is 9.84. The molecular weight excluding hydrogens is 497 g/mol. The highest BCUT2D eigenvalue weighted by atomic mass is 19.1. The van der Waals surface area contributed by atoms with Gasteiger partial charge in [0.1, 0.15) is 28.8 Å². The van der Waals surface area contributed by atoms with Crippen LogP contribution in [0.15, 0.2) is 95.4 Å². The third kappa shape index (κ3) is 3.54. The van der Waals surface area contributed by atoms with Crippen LogP contribution in [0.2, 0.25) is 0 Å². The molecule has 0 unspecified atom stereocenters. The van der Waals surface area contributed by atoms with Gasteiger partial charge in [0.2, 0.25) is 0 Å². The zero-order valence-electron chi connectivity index (χ0n) is 20.9. The van der Waals surface area contributed by atoms with Gasteiger partial charge in [-0.15, -0.1) is 0 Å². The maximum Gasteiger partial charge on any atom is 0.415 e. The Bertz CT molecular complexity index is 1760. The Kier molecular flexibility index (Phi) is 5.26. The summed E-state index contributed by atoms with van der Waals surface area (Å²) >= 11 is 0. The van der Waals surface area contributed by atoms with Crippen molar-refractivity contribution in [2.75, 3.05) is 11.5 Å². The summed E-state index contributed by atoms with van der Waals surface area (Å²) in [6.07, 6.45) is -0.954. The molecule has 2 aliphatic rings. The van der Waals surface area contributed by atoms with Gasteiger partial charge in [0.05, 0.1) is 12.3 Å². The van der Waals surface area contributed by atoms with E-state index in [-0.39, 0.29) is 24.0 Å². The minimum atomic E-state index is -0.540. The maximum atomic E-state index is 13.7. The Hall–Kier alpha value is -4.91. The number of nitrogens with zero attached hydrogens (tertiary/aromatic N) is 1. The van der Waals surface area contributed by atoms with Crippen LogP contribution in [-0.2, 0) is 9.47 Å². The van der Waals surface area contributed by atoms with E-state index in [0.717, 1.165) is 22.3 Å². The molecule has 0 radical (unpaired) electrons. The van der Waals surface area contributed by atoms with Gasteiger partial charge in [-0.2, -0.15) is 0 Å². The first-order chi connectivity index (χ1) is 19.0. The zero-order valence-corrected chi connectivity index (χ0v) is 20.9. The molecule has 2 atom stereocenters. The Morgan fingerprint density at radius 3 is 2.46 bits per heavy atom. The van der Waals surface area contributed by atoms with Crippen molar-refractivity contribution in [1.82, 2.24) is 0 Å². The maximum absolute atomic E-state index is 13.7. The molecule has 1 fully saturated rings. The number of ether oxygens (including phenoxy) is 2. The summed E-state index contributed by atoms with van der Waals surface area (Å²) in [5.74, 6) is -0.657. The van der Waals surface area contributed by atoms with Crippen LogP contribution in [0.5, 0.6) is 0 Å². The van der Waals surface area contributed by atoms with Crippen LogP contribution in [0.25, 0.3) is 33.4 Å². The van der Waals surface area contributed by atoms with Crippen molar-refractivity contribution in [2.45, 2.75) is 19.1 Å². The number of amides is 1. The number of fused-ring (bicyclic) bond motifs is 7. The standard InChI is InChI=1S/C32H22FNO5/c1-2-37-31(35)27-24-16-23-21-10-6-7-11-22(21)28-30(18-8-4-3-5-9-18)39-32(36)34(28)25(23)17-26(24)38-29(27)19-12-14-20(33)15-13-19/h3-17,28,30H,2H2,1H3/t28-,30+/m0/s1. The molecule has 6 nitrogen and oxygen atoms in total. The van der Waals surface area contributed by atoms with Crippen molar-refractivity contribution >= 4 is 28.7 Å². The number of cyclic esters (lactones) is 1. The SMILES string of the molecule is CCOC(=O)c1c(-c2ccc(F)cc2)oc2cc3c(cc12)-c1ccccc1[C@H]1[C@@H](c2ccccc2)OC(=O)N31. The lowest BCUT2D eigenvalue weighted by Crippen LogP contribution is -2.31. The molecule has 4 aromatic carbocycles. The van der Waals surface area contributed by atoms with Gasteiger partial charge in [0.15, 0.2) is 6.10 Å². The molecule has 1 aromatic heterocycles. The molecule has 2 aliphatic heterocycles. The summed E-state index contributed by atoms with van der Waals surface area (Å²) in [5, 5.41) is 0.548. The molecule has 0 bridgehead atoms. The Morgan fingerprint density at radius 2 is 1.69 bits per heavy atom. The van der Waals surface area contributed by atoms with Crippen LogP contribution in [0.4, 0.5) is 14.9 Å². The highest BCUT2D eigenvalue weighted by molar-refractivity contribution is 6.12. The molecule has 0 saturated carbocycles. The molecule has 1 amide bonds. The molecule has 192 valence electrons. The monoisotopic (exact) mass is 519 g/mol. The van der Waals surface area contributed by atoms with Crippen LogP contribution in [0, 0.1) is 5.82 Å². The van der Waals surface area contributed by atoms with Gasteiger partial charge >= 0.3 is 12.1 Å². The summed E-state index contributed by atoms with van der Waals surface area (Å²) < 4.78 is 31.2. The van der Waals surface area contributed by atoms with Gasteiger partial charge in [-0.05, 0) is 53.9 Å². The van der Waals surface area contributed by atoms with Crippen LogP contribution >= 0.6 is 0 Å². The molecule has 0 N–H and O–H groups in total. The van der Waals surface area contributed by atoms with Crippen LogP contribution in [0.3, 0.4) is 0 Å². The average molecular weight is 520 g/mol. The first-order valence-electron chi connectivity index (χ1n) is 12.7. The minimum absolute atomic E-state index is 0.185. The fourth-order valence-electron chi connectivity index (χ4n) is 5.68. The number of hydrogen-bond donors (Lipinski definition) is 0. The largest absolute Gasteiger partial charge is 0.462 e. The summed E-state index contributed by atoms with van der Waals surface area (Å²) in [7, 11) is 0. The number of carbonyl (C=O) groups excluding carboxylic acids is 2. The van der Waals surface area contributed by atoms with Gasteiger partial charge in [-0.25, -0.2) is 14.0 Å². The van der Waals surface area contributed by atoms with E-state index in [9.17, 15) is 14.0 Å². The molecule has 5 aromatic rings. The molecule has 7 heteroatoms. The second kappa shape index (κ2) is 8.84. The number of carbonyl (C=O) groups is 2. The van der Waals surface area contributed by atoms with Crippen molar-refractivity contribution in [3.63, 3.8) is 0 Å². The zero-order chi connectivity index (χ0) is 26.7. The van der Waals surface area contributed by atoms with Crippen molar-refractivity contribution in [1.29, 1.82) is 0 Å². The van der Waals surface area contributed by atoms with Gasteiger partial charge in [0.25, 0.3) is 0 Å². The molecule has 1 saturated heterocycles. The van der Waals surface area contributed by atoms with Crippen LogP contribution in [0.1, 0.15) is 40.6 Å². The topological polar surface area (TPSA) is 69.0 Å². The van der Waals surface area contributed by atoms with Gasteiger partial charge in [-0.3, -0.25) is 4.90 Å². The molecule has 0 spiro atoms. The third-order valence-corrected chi connectivity index (χ3v) is 7.34. The number of anilines is 1. The predicted molar refractivity (Wildman–Crippen MR) is 144 cm³/mol. The Morgan fingerprint density at radius 1 is 0.949 bits per heavy atom. The van der Waals surface area contributed by atoms with Crippen molar-refractivity contribution < 1.29 is 27.9 Å². The lowest BCUT2D eigenvalue weighted by molar-refractivity contribution is 0.0528. The quantitative estimate of drug-likeness (QED) is 0.226. The third-order valence-electron chi connectivity index (χ3n) is 7.34. The Balaban J connectivity index is 1.48. The van der Waals surface area contributed by atoms with E-state index in [4.69, 9.17) is 13.9 Å². The van der Waals surface area contributed by atoms with E-state index in [1.54, 1.807) is 30.0 Å². The van der Waals surface area contributed by atoms with Crippen molar-refractivity contribution in [2.24, 2.45) is 0 Å². The fraction of sp³-hybridized carbons (Fsp3) is 0.125. The smallest absolute Gasteiger partial charge is 0.415 e. The highest BCUT2D eigenvalue weighted by Gasteiger charge is 2.48. The normalized spacial score (nSPS) is 17.4. The molecule has 39 heavy (non-hydrogen) atoms.